The van der Waals surface area contributed by atoms with E-state index < -0.39 is 0 Å². The molecule has 0 atom stereocenters. The Bertz CT molecular complexity index is 1320. The van der Waals surface area contributed by atoms with Crippen molar-refractivity contribution in [2.45, 2.75) is 26.3 Å². The number of aromatic nitrogens is 2. The molecule has 174 valence electrons. The molecule has 1 aliphatic rings. The Balaban J connectivity index is 1.25. The average molecular weight is 493 g/mol. The zero-order chi connectivity index (χ0) is 23.7. The van der Waals surface area contributed by atoms with Crippen LogP contribution in [0.25, 0.3) is 10.2 Å². The third-order valence-corrected chi connectivity index (χ3v) is 7.65. The van der Waals surface area contributed by atoms with Crippen LogP contribution in [0.3, 0.4) is 0 Å². The van der Waals surface area contributed by atoms with E-state index in [1.165, 1.54) is 11.3 Å². The van der Waals surface area contributed by atoms with Gasteiger partial charge in [0.25, 0.3) is 5.91 Å². The summed E-state index contributed by atoms with van der Waals surface area (Å²) in [5, 5.41) is 9.37. The molecule has 8 heteroatoms. The number of likely N-dealkylation sites (tertiary alicyclic amines) is 1. The number of fused-ring (bicyclic) bond motifs is 1. The Morgan fingerprint density at radius 3 is 2.50 bits per heavy atom. The first-order valence-electron chi connectivity index (χ1n) is 11.3. The van der Waals surface area contributed by atoms with E-state index >= 15 is 0 Å². The van der Waals surface area contributed by atoms with Crippen molar-refractivity contribution in [1.29, 1.82) is 0 Å². The maximum atomic E-state index is 13.2. The van der Waals surface area contributed by atoms with E-state index in [0.29, 0.717) is 42.4 Å². The lowest BCUT2D eigenvalue weighted by Crippen LogP contribution is -2.41. The summed E-state index contributed by atoms with van der Waals surface area (Å²) in [7, 11) is 0. The summed E-state index contributed by atoms with van der Waals surface area (Å²) < 4.78 is 1.95. The smallest absolute Gasteiger partial charge is 0.264 e. The summed E-state index contributed by atoms with van der Waals surface area (Å²) in [5.74, 6) is -0.0273. The minimum atomic E-state index is -0.0816. The zero-order valence-corrected chi connectivity index (χ0v) is 20.4. The summed E-state index contributed by atoms with van der Waals surface area (Å²) in [4.78, 5) is 29.4. The zero-order valence-electron chi connectivity index (χ0n) is 18.8. The fourth-order valence-corrected chi connectivity index (χ4v) is 5.61. The number of aryl methyl sites for hydroxylation is 1. The number of para-hydroxylation sites is 1. The van der Waals surface area contributed by atoms with Gasteiger partial charge in [-0.1, -0.05) is 41.9 Å². The van der Waals surface area contributed by atoms with E-state index in [0.717, 1.165) is 27.2 Å². The molecule has 1 N–H and O–H groups in total. The normalized spacial score (nSPS) is 14.5. The van der Waals surface area contributed by atoms with Crippen molar-refractivity contribution in [3.05, 3.63) is 81.8 Å². The van der Waals surface area contributed by atoms with Crippen molar-refractivity contribution >= 4 is 50.7 Å². The van der Waals surface area contributed by atoms with Crippen molar-refractivity contribution in [2.24, 2.45) is 5.92 Å². The number of benzene rings is 2. The van der Waals surface area contributed by atoms with Gasteiger partial charge in [-0.2, -0.15) is 5.10 Å². The monoisotopic (exact) mass is 492 g/mol. The summed E-state index contributed by atoms with van der Waals surface area (Å²) in [6.45, 7) is 3.75. The molecule has 0 saturated carbocycles. The number of halogens is 1. The molecule has 5 rings (SSSR count). The molecule has 0 aliphatic carbocycles. The first-order valence-corrected chi connectivity index (χ1v) is 12.5. The molecule has 1 aliphatic heterocycles. The molecule has 1 fully saturated rings. The summed E-state index contributed by atoms with van der Waals surface area (Å²) in [6, 6.07) is 19.2. The second-order valence-corrected chi connectivity index (χ2v) is 10.1. The molecule has 2 aromatic carbocycles. The summed E-state index contributed by atoms with van der Waals surface area (Å²) >= 11 is 7.49. The van der Waals surface area contributed by atoms with E-state index in [2.05, 4.69) is 10.4 Å². The number of amides is 2. The van der Waals surface area contributed by atoms with Crippen LogP contribution < -0.4 is 5.32 Å². The number of thiophene rings is 1. The van der Waals surface area contributed by atoms with Gasteiger partial charge < -0.3 is 10.2 Å². The number of hydrogen-bond donors (Lipinski definition) is 1. The van der Waals surface area contributed by atoms with Gasteiger partial charge in [-0.25, -0.2) is 0 Å². The van der Waals surface area contributed by atoms with Crippen LogP contribution in [0.1, 0.15) is 33.8 Å². The SMILES string of the molecule is Cc1nn(Cc2ccc(Cl)cc2)c2sc(C(=O)N3CCC(C(=O)Nc4ccccc4)CC3)cc12. The highest BCUT2D eigenvalue weighted by Crippen LogP contribution is 2.31. The minimum Gasteiger partial charge on any atom is -0.338 e. The van der Waals surface area contributed by atoms with Gasteiger partial charge in [-0.05, 0) is 55.7 Å². The summed E-state index contributed by atoms with van der Waals surface area (Å²) in [6.07, 6.45) is 1.33. The highest BCUT2D eigenvalue weighted by atomic mass is 35.5. The molecule has 2 aromatic heterocycles. The molecule has 0 radical (unpaired) electrons. The predicted octanol–water partition coefficient (Wildman–Crippen LogP) is 5.60. The largest absolute Gasteiger partial charge is 0.338 e. The van der Waals surface area contributed by atoms with Crippen molar-refractivity contribution in [1.82, 2.24) is 14.7 Å². The maximum Gasteiger partial charge on any atom is 0.264 e. The van der Waals surface area contributed by atoms with Crippen LogP contribution in [0, 0.1) is 12.8 Å². The molecular weight excluding hydrogens is 468 g/mol. The number of piperidine rings is 1. The molecule has 34 heavy (non-hydrogen) atoms. The molecule has 3 heterocycles. The molecule has 0 bridgehead atoms. The average Bonchev–Trinajstić information content (AvgIpc) is 3.42. The van der Waals surface area contributed by atoms with Crippen LogP contribution in [0.5, 0.6) is 0 Å². The Morgan fingerprint density at radius 2 is 1.79 bits per heavy atom. The Kier molecular flexibility index (Phi) is 6.39. The number of nitrogens with zero attached hydrogens (tertiary/aromatic N) is 3. The first kappa shape index (κ1) is 22.6. The van der Waals surface area contributed by atoms with Crippen LogP contribution in [0.2, 0.25) is 5.02 Å². The fraction of sp³-hybridized carbons (Fsp3) is 0.269. The summed E-state index contributed by atoms with van der Waals surface area (Å²) in [5.41, 5.74) is 2.82. The third-order valence-electron chi connectivity index (χ3n) is 6.26. The second kappa shape index (κ2) is 9.60. The van der Waals surface area contributed by atoms with Gasteiger partial charge in [-0.3, -0.25) is 14.3 Å². The molecule has 0 spiro atoms. The minimum absolute atomic E-state index is 0.0260. The molecular formula is C26H25ClN4O2S. The van der Waals surface area contributed by atoms with Crippen molar-refractivity contribution in [2.75, 3.05) is 18.4 Å². The van der Waals surface area contributed by atoms with Crippen LogP contribution in [0.4, 0.5) is 5.69 Å². The van der Waals surface area contributed by atoms with Gasteiger partial charge in [0.2, 0.25) is 5.91 Å². The molecule has 1 saturated heterocycles. The van der Waals surface area contributed by atoms with E-state index in [1.54, 1.807) is 0 Å². The van der Waals surface area contributed by atoms with Gasteiger partial charge in [0.15, 0.2) is 0 Å². The molecule has 4 aromatic rings. The van der Waals surface area contributed by atoms with Crippen LogP contribution in [0.15, 0.2) is 60.7 Å². The number of rotatable bonds is 5. The number of anilines is 1. The number of hydrogen-bond acceptors (Lipinski definition) is 4. The van der Waals surface area contributed by atoms with E-state index in [1.807, 2.05) is 77.2 Å². The van der Waals surface area contributed by atoms with Crippen LogP contribution in [-0.4, -0.2) is 39.6 Å². The van der Waals surface area contributed by atoms with Crippen molar-refractivity contribution < 1.29 is 9.59 Å². The number of carbonyl (C=O) groups is 2. The lowest BCUT2D eigenvalue weighted by Gasteiger charge is -2.31. The first-order chi connectivity index (χ1) is 16.5. The predicted molar refractivity (Wildman–Crippen MR) is 137 cm³/mol. The maximum absolute atomic E-state index is 13.2. The lowest BCUT2D eigenvalue weighted by molar-refractivity contribution is -0.121. The van der Waals surface area contributed by atoms with Gasteiger partial charge in [0.1, 0.15) is 4.83 Å². The van der Waals surface area contributed by atoms with E-state index in [4.69, 9.17) is 11.6 Å². The van der Waals surface area contributed by atoms with E-state index in [-0.39, 0.29) is 17.7 Å². The standard InChI is InChI=1S/C26H25ClN4O2S/c1-17-22-15-23(34-26(22)31(29-17)16-18-7-9-20(27)10-8-18)25(33)30-13-11-19(12-14-30)24(32)28-21-5-3-2-4-6-21/h2-10,15,19H,11-14,16H2,1H3,(H,28,32). The second-order valence-electron chi connectivity index (χ2n) is 8.62. The van der Waals surface area contributed by atoms with Gasteiger partial charge in [0.05, 0.1) is 17.1 Å². The molecule has 2 amide bonds. The third kappa shape index (κ3) is 4.72. The van der Waals surface area contributed by atoms with Gasteiger partial charge >= 0.3 is 0 Å². The number of nitrogens with one attached hydrogen (secondary N) is 1. The molecule has 0 unspecified atom stereocenters. The van der Waals surface area contributed by atoms with Crippen molar-refractivity contribution in [3.63, 3.8) is 0 Å². The highest BCUT2D eigenvalue weighted by molar-refractivity contribution is 7.20. The van der Waals surface area contributed by atoms with E-state index in [9.17, 15) is 9.59 Å². The van der Waals surface area contributed by atoms with Gasteiger partial charge in [0, 0.05) is 35.1 Å². The number of carbonyl (C=O) groups excluding carboxylic acids is 2. The molecule has 6 nitrogen and oxygen atoms in total. The van der Waals surface area contributed by atoms with Crippen LogP contribution in [-0.2, 0) is 11.3 Å². The van der Waals surface area contributed by atoms with Gasteiger partial charge in [-0.15, -0.1) is 11.3 Å². The van der Waals surface area contributed by atoms with Crippen molar-refractivity contribution in [3.8, 4) is 0 Å². The Morgan fingerprint density at radius 1 is 1.09 bits per heavy atom. The quantitative estimate of drug-likeness (QED) is 0.394. The Labute approximate surface area is 207 Å². The van der Waals surface area contributed by atoms with Crippen LogP contribution >= 0.6 is 22.9 Å². The Hall–Kier alpha value is -3.16. The highest BCUT2D eigenvalue weighted by Gasteiger charge is 2.29. The fourth-order valence-electron chi connectivity index (χ4n) is 4.35. The lowest BCUT2D eigenvalue weighted by atomic mass is 9.95. The topological polar surface area (TPSA) is 67.2 Å².